The molecule has 1 heterocycles. The number of carbonyl (C=O) groups excluding carboxylic acids is 3. The van der Waals surface area contributed by atoms with E-state index in [1.807, 2.05) is 6.92 Å². The minimum atomic E-state index is -1.08. The number of piperidine rings is 1. The minimum Gasteiger partial charge on any atom is -0.465 e. The number of ether oxygens (including phenoxy) is 3. The summed E-state index contributed by atoms with van der Waals surface area (Å²) >= 11 is 0. The van der Waals surface area contributed by atoms with Crippen molar-refractivity contribution in [1.29, 1.82) is 0 Å². The van der Waals surface area contributed by atoms with Gasteiger partial charge in [-0.2, -0.15) is 0 Å². The second-order valence-electron chi connectivity index (χ2n) is 9.35. The summed E-state index contributed by atoms with van der Waals surface area (Å²) in [6, 6.07) is 6.55. The van der Waals surface area contributed by atoms with Crippen molar-refractivity contribution in [3.63, 3.8) is 0 Å². The van der Waals surface area contributed by atoms with Crippen LogP contribution in [-0.4, -0.2) is 74.5 Å². The van der Waals surface area contributed by atoms with Crippen LogP contribution >= 0.6 is 0 Å². The van der Waals surface area contributed by atoms with Gasteiger partial charge in [-0.3, -0.25) is 4.79 Å². The number of rotatable bonds is 8. The zero-order chi connectivity index (χ0) is 24.6. The lowest BCUT2D eigenvalue weighted by atomic mass is 9.86. The van der Waals surface area contributed by atoms with Gasteiger partial charge >= 0.3 is 12.1 Å². The van der Waals surface area contributed by atoms with Gasteiger partial charge in [-0.25, -0.2) is 9.59 Å². The summed E-state index contributed by atoms with van der Waals surface area (Å²) in [7, 11) is 2.99. The standard InChI is InChI=1S/C24H37N3O6/c1-17(18-7-9-19(10-8-18)20(28)32-6)25-21(29)24(26-22(30)33-23(2,3)4)11-13-27(14-12-24)15-16-31-5/h7-10,17H,11-16H2,1-6H3,(H,25,29)(H,26,30)/t17-/m0/s1. The molecule has 1 fully saturated rings. The van der Waals surface area contributed by atoms with Gasteiger partial charge in [0.25, 0.3) is 0 Å². The van der Waals surface area contributed by atoms with Gasteiger partial charge in [0.15, 0.2) is 0 Å². The molecule has 9 nitrogen and oxygen atoms in total. The fourth-order valence-electron chi connectivity index (χ4n) is 3.73. The summed E-state index contributed by atoms with van der Waals surface area (Å²) in [5, 5.41) is 5.89. The van der Waals surface area contributed by atoms with Crippen LogP contribution in [0.4, 0.5) is 4.79 Å². The van der Waals surface area contributed by atoms with Gasteiger partial charge in [-0.1, -0.05) is 12.1 Å². The number of amides is 2. The van der Waals surface area contributed by atoms with E-state index in [-0.39, 0.29) is 11.9 Å². The van der Waals surface area contributed by atoms with E-state index in [1.165, 1.54) is 7.11 Å². The molecule has 0 saturated carbocycles. The van der Waals surface area contributed by atoms with Crippen molar-refractivity contribution in [3.05, 3.63) is 35.4 Å². The topological polar surface area (TPSA) is 106 Å². The Labute approximate surface area is 196 Å². The average Bonchev–Trinajstić information content (AvgIpc) is 2.76. The van der Waals surface area contributed by atoms with Gasteiger partial charge in [0.05, 0.1) is 25.3 Å². The number of nitrogens with one attached hydrogen (secondary N) is 2. The van der Waals surface area contributed by atoms with E-state index in [9.17, 15) is 14.4 Å². The molecule has 0 aliphatic carbocycles. The van der Waals surface area contributed by atoms with Crippen LogP contribution in [0.25, 0.3) is 0 Å². The van der Waals surface area contributed by atoms with Crippen molar-refractivity contribution in [3.8, 4) is 0 Å². The van der Waals surface area contributed by atoms with Crippen molar-refractivity contribution in [2.24, 2.45) is 0 Å². The number of likely N-dealkylation sites (tertiary alicyclic amines) is 1. The number of nitrogens with zero attached hydrogens (tertiary/aromatic N) is 1. The van der Waals surface area contributed by atoms with Gasteiger partial charge in [-0.05, 0) is 58.2 Å². The Morgan fingerprint density at radius 3 is 2.21 bits per heavy atom. The summed E-state index contributed by atoms with van der Waals surface area (Å²) in [5.41, 5.74) is -0.478. The molecule has 1 saturated heterocycles. The molecule has 33 heavy (non-hydrogen) atoms. The van der Waals surface area contributed by atoms with Crippen LogP contribution in [0.15, 0.2) is 24.3 Å². The quantitative estimate of drug-likeness (QED) is 0.571. The average molecular weight is 464 g/mol. The van der Waals surface area contributed by atoms with Crippen LogP contribution in [0.1, 0.15) is 62.5 Å². The molecule has 0 spiro atoms. The highest BCUT2D eigenvalue weighted by Gasteiger charge is 2.44. The summed E-state index contributed by atoms with van der Waals surface area (Å²) in [6.45, 7) is 9.89. The Bertz CT molecular complexity index is 810. The van der Waals surface area contributed by atoms with Crippen molar-refractivity contribution in [1.82, 2.24) is 15.5 Å². The van der Waals surface area contributed by atoms with E-state index in [0.717, 1.165) is 12.1 Å². The second-order valence-corrected chi connectivity index (χ2v) is 9.35. The van der Waals surface area contributed by atoms with Gasteiger partial charge in [-0.15, -0.1) is 0 Å². The molecule has 2 rings (SSSR count). The molecule has 1 aliphatic rings. The van der Waals surface area contributed by atoms with Gasteiger partial charge in [0.1, 0.15) is 11.1 Å². The fourth-order valence-corrected chi connectivity index (χ4v) is 3.73. The molecule has 1 aromatic rings. The van der Waals surface area contributed by atoms with E-state index < -0.39 is 23.2 Å². The number of esters is 1. The van der Waals surface area contributed by atoms with E-state index in [0.29, 0.717) is 38.1 Å². The summed E-state index contributed by atoms with van der Waals surface area (Å²) in [5.74, 6) is -0.678. The maximum Gasteiger partial charge on any atom is 0.408 e. The first-order valence-electron chi connectivity index (χ1n) is 11.2. The Morgan fingerprint density at radius 2 is 1.70 bits per heavy atom. The highest BCUT2D eigenvalue weighted by atomic mass is 16.6. The lowest BCUT2D eigenvalue weighted by Gasteiger charge is -2.41. The zero-order valence-electron chi connectivity index (χ0n) is 20.5. The van der Waals surface area contributed by atoms with E-state index in [1.54, 1.807) is 52.1 Å². The first-order chi connectivity index (χ1) is 15.5. The van der Waals surface area contributed by atoms with Crippen molar-refractivity contribution >= 4 is 18.0 Å². The van der Waals surface area contributed by atoms with Gasteiger partial charge in [0, 0.05) is 26.7 Å². The molecule has 0 unspecified atom stereocenters. The molecule has 1 aliphatic heterocycles. The molecule has 9 heteroatoms. The molecule has 0 radical (unpaired) electrons. The SMILES string of the molecule is COCCN1CCC(NC(=O)OC(C)(C)C)(C(=O)N[C@@H](C)c2ccc(C(=O)OC)cc2)CC1. The number of carbonyl (C=O) groups is 3. The number of alkyl carbamates (subject to hydrolysis) is 1. The number of benzene rings is 1. The number of methoxy groups -OCH3 is 2. The molecular weight excluding hydrogens is 426 g/mol. The first kappa shape index (κ1) is 26.6. The summed E-state index contributed by atoms with van der Waals surface area (Å²) < 4.78 is 15.3. The maximum atomic E-state index is 13.4. The van der Waals surface area contributed by atoms with Crippen LogP contribution in [0.5, 0.6) is 0 Å². The molecule has 2 amide bonds. The Hall–Kier alpha value is -2.65. The third kappa shape index (κ3) is 7.71. The molecule has 0 bridgehead atoms. The van der Waals surface area contributed by atoms with Gasteiger partial charge < -0.3 is 29.7 Å². The smallest absolute Gasteiger partial charge is 0.408 e. The zero-order valence-corrected chi connectivity index (χ0v) is 20.5. The molecule has 1 atom stereocenters. The normalized spacial score (nSPS) is 17.0. The minimum absolute atomic E-state index is 0.260. The predicted molar refractivity (Wildman–Crippen MR) is 124 cm³/mol. The lowest BCUT2D eigenvalue weighted by Crippen LogP contribution is -2.64. The van der Waals surface area contributed by atoms with Crippen LogP contribution in [-0.2, 0) is 19.0 Å². The Morgan fingerprint density at radius 1 is 1.09 bits per heavy atom. The van der Waals surface area contributed by atoms with Crippen molar-refractivity contribution in [2.75, 3.05) is 40.5 Å². The molecule has 2 N–H and O–H groups in total. The first-order valence-corrected chi connectivity index (χ1v) is 11.2. The molecule has 0 aromatic heterocycles. The van der Waals surface area contributed by atoms with E-state index >= 15 is 0 Å². The molecule has 1 aromatic carbocycles. The molecular formula is C24H37N3O6. The lowest BCUT2D eigenvalue weighted by molar-refractivity contribution is -0.130. The Balaban J connectivity index is 2.14. The summed E-state index contributed by atoms with van der Waals surface area (Å²) in [6.07, 6.45) is 0.295. The van der Waals surface area contributed by atoms with Crippen LogP contribution in [0.3, 0.4) is 0 Å². The van der Waals surface area contributed by atoms with Crippen LogP contribution in [0, 0.1) is 0 Å². The van der Waals surface area contributed by atoms with E-state index in [4.69, 9.17) is 14.2 Å². The van der Waals surface area contributed by atoms with Crippen LogP contribution < -0.4 is 10.6 Å². The third-order valence-electron chi connectivity index (χ3n) is 5.68. The number of hydrogen-bond donors (Lipinski definition) is 2. The highest BCUT2D eigenvalue weighted by Crippen LogP contribution is 2.25. The largest absolute Gasteiger partial charge is 0.465 e. The third-order valence-corrected chi connectivity index (χ3v) is 5.68. The van der Waals surface area contributed by atoms with Gasteiger partial charge in [0.2, 0.25) is 5.91 Å². The van der Waals surface area contributed by atoms with E-state index in [2.05, 4.69) is 15.5 Å². The maximum absolute atomic E-state index is 13.4. The second kappa shape index (κ2) is 11.5. The van der Waals surface area contributed by atoms with Crippen LogP contribution in [0.2, 0.25) is 0 Å². The Kier molecular flexibility index (Phi) is 9.25. The monoisotopic (exact) mass is 463 g/mol. The number of hydrogen-bond acceptors (Lipinski definition) is 7. The summed E-state index contributed by atoms with van der Waals surface area (Å²) in [4.78, 5) is 39.9. The van der Waals surface area contributed by atoms with Crippen molar-refractivity contribution in [2.45, 2.75) is 57.7 Å². The fraction of sp³-hybridized carbons (Fsp3) is 0.625. The predicted octanol–water partition coefficient (Wildman–Crippen LogP) is 2.66. The highest BCUT2D eigenvalue weighted by molar-refractivity contribution is 5.91. The van der Waals surface area contributed by atoms with Crippen molar-refractivity contribution < 1.29 is 28.6 Å². The molecule has 184 valence electrons.